The first kappa shape index (κ1) is 20.8. The number of hydrogen-bond donors (Lipinski definition) is 1. The van der Waals surface area contributed by atoms with Crippen LogP contribution in [0, 0.1) is 15.9 Å². The number of rotatable bonds is 8. The maximum atomic E-state index is 13.0. The van der Waals surface area contributed by atoms with Gasteiger partial charge in [-0.25, -0.2) is 4.39 Å². The molecule has 0 saturated carbocycles. The van der Waals surface area contributed by atoms with Gasteiger partial charge in [0.15, 0.2) is 11.5 Å². The summed E-state index contributed by atoms with van der Waals surface area (Å²) in [4.78, 5) is 23.4. The summed E-state index contributed by atoms with van der Waals surface area (Å²) in [6.45, 7) is 2.02. The second-order valence-corrected chi connectivity index (χ2v) is 6.17. The molecule has 0 spiro atoms. The molecule has 1 heterocycles. The molecule has 0 aliphatic rings. The molecule has 1 amide bonds. The highest BCUT2D eigenvalue weighted by Crippen LogP contribution is 2.34. The number of nitro benzene ring substituents is 1. The van der Waals surface area contributed by atoms with Gasteiger partial charge in [-0.15, -0.1) is 0 Å². The van der Waals surface area contributed by atoms with Crippen LogP contribution >= 0.6 is 0 Å². The zero-order chi connectivity index (χ0) is 21.7. The van der Waals surface area contributed by atoms with Crippen molar-refractivity contribution in [1.82, 2.24) is 5.32 Å². The number of nitrogens with one attached hydrogen (secondary N) is 1. The Labute approximate surface area is 171 Å². The summed E-state index contributed by atoms with van der Waals surface area (Å²) >= 11 is 0. The van der Waals surface area contributed by atoms with Crippen LogP contribution in [0.2, 0.25) is 0 Å². The summed E-state index contributed by atoms with van der Waals surface area (Å²) in [6.07, 6.45) is 0. The molecule has 9 heteroatoms. The third-order valence-electron chi connectivity index (χ3n) is 4.24. The molecular formula is C21H19FN2O6. The number of ether oxygens (including phenoxy) is 2. The zero-order valence-electron chi connectivity index (χ0n) is 16.3. The number of nitrogens with zero attached hydrogens (tertiary/aromatic N) is 1. The van der Waals surface area contributed by atoms with Gasteiger partial charge in [0.05, 0.1) is 31.3 Å². The van der Waals surface area contributed by atoms with E-state index in [1.807, 2.05) is 0 Å². The lowest BCUT2D eigenvalue weighted by Crippen LogP contribution is -2.23. The Morgan fingerprint density at radius 1 is 1.17 bits per heavy atom. The van der Waals surface area contributed by atoms with E-state index in [1.54, 1.807) is 31.2 Å². The van der Waals surface area contributed by atoms with E-state index in [0.717, 1.165) is 6.07 Å². The maximum Gasteiger partial charge on any atom is 0.286 e. The first-order valence-electron chi connectivity index (χ1n) is 9.05. The number of methoxy groups -OCH3 is 1. The number of hydrogen-bond acceptors (Lipinski definition) is 6. The molecule has 1 aromatic heterocycles. The van der Waals surface area contributed by atoms with Crippen LogP contribution in [-0.2, 0) is 6.54 Å². The second kappa shape index (κ2) is 9.08. The van der Waals surface area contributed by atoms with Crippen molar-refractivity contribution in [3.05, 3.63) is 75.8 Å². The van der Waals surface area contributed by atoms with Crippen molar-refractivity contribution in [1.29, 1.82) is 0 Å². The molecule has 0 bridgehead atoms. The number of carbonyl (C=O) groups is 1. The highest BCUT2D eigenvalue weighted by Gasteiger charge is 2.24. The van der Waals surface area contributed by atoms with Crippen LogP contribution in [0.4, 0.5) is 10.1 Å². The van der Waals surface area contributed by atoms with Gasteiger partial charge in [0.1, 0.15) is 22.9 Å². The molecule has 0 saturated heterocycles. The lowest BCUT2D eigenvalue weighted by atomic mass is 10.1. The van der Waals surface area contributed by atoms with Crippen LogP contribution in [0.1, 0.15) is 23.0 Å². The van der Waals surface area contributed by atoms with Crippen molar-refractivity contribution in [3.63, 3.8) is 0 Å². The Balaban J connectivity index is 1.77. The summed E-state index contributed by atoms with van der Waals surface area (Å²) in [6, 6.07) is 11.6. The van der Waals surface area contributed by atoms with Gasteiger partial charge >= 0.3 is 0 Å². The number of amides is 1. The van der Waals surface area contributed by atoms with Crippen molar-refractivity contribution in [2.45, 2.75) is 13.5 Å². The molecular weight excluding hydrogens is 395 g/mol. The number of carbonyl (C=O) groups excluding carboxylic acids is 1. The van der Waals surface area contributed by atoms with Crippen molar-refractivity contribution in [2.24, 2.45) is 0 Å². The molecule has 0 radical (unpaired) electrons. The van der Waals surface area contributed by atoms with E-state index in [9.17, 15) is 19.3 Å². The smallest absolute Gasteiger partial charge is 0.286 e. The Morgan fingerprint density at radius 3 is 2.53 bits per heavy atom. The molecule has 3 rings (SSSR count). The predicted molar refractivity (Wildman–Crippen MR) is 106 cm³/mol. The number of benzene rings is 2. The fraction of sp³-hybridized carbons (Fsp3) is 0.190. The molecule has 0 unspecified atom stereocenters. The zero-order valence-corrected chi connectivity index (χ0v) is 16.3. The van der Waals surface area contributed by atoms with Crippen molar-refractivity contribution < 1.29 is 28.0 Å². The molecule has 156 valence electrons. The van der Waals surface area contributed by atoms with E-state index in [-0.39, 0.29) is 36.0 Å². The molecule has 3 aromatic rings. The summed E-state index contributed by atoms with van der Waals surface area (Å²) in [5.41, 5.74) is 0.120. The van der Waals surface area contributed by atoms with Crippen LogP contribution in [0.3, 0.4) is 0 Å². The van der Waals surface area contributed by atoms with E-state index < -0.39 is 16.5 Å². The van der Waals surface area contributed by atoms with E-state index in [1.165, 1.54) is 25.3 Å². The SMILES string of the molecule is CCOc1cc([N+](=O)[O-])c(C(=O)NCc2ccc(-c3ccc(F)cc3)o2)cc1OC. The molecule has 0 aliphatic carbocycles. The molecule has 2 aromatic carbocycles. The molecule has 30 heavy (non-hydrogen) atoms. The fourth-order valence-corrected chi connectivity index (χ4v) is 2.81. The molecule has 0 fully saturated rings. The third-order valence-corrected chi connectivity index (χ3v) is 4.24. The summed E-state index contributed by atoms with van der Waals surface area (Å²) < 4.78 is 29.2. The van der Waals surface area contributed by atoms with Gasteiger partial charge in [0.2, 0.25) is 0 Å². The minimum atomic E-state index is -0.664. The summed E-state index contributed by atoms with van der Waals surface area (Å²) in [5, 5.41) is 14.0. The Bertz CT molecular complexity index is 1060. The predicted octanol–water partition coefficient (Wildman–Crippen LogP) is 4.33. The fourth-order valence-electron chi connectivity index (χ4n) is 2.81. The second-order valence-electron chi connectivity index (χ2n) is 6.17. The summed E-state index contributed by atoms with van der Waals surface area (Å²) in [7, 11) is 1.38. The normalized spacial score (nSPS) is 10.5. The molecule has 8 nitrogen and oxygen atoms in total. The van der Waals surface area contributed by atoms with Crippen LogP contribution in [0.15, 0.2) is 52.9 Å². The Kier molecular flexibility index (Phi) is 6.31. The van der Waals surface area contributed by atoms with Crippen molar-refractivity contribution in [3.8, 4) is 22.8 Å². The van der Waals surface area contributed by atoms with Gasteiger partial charge in [0.25, 0.3) is 11.6 Å². The van der Waals surface area contributed by atoms with Gasteiger partial charge in [-0.3, -0.25) is 14.9 Å². The first-order valence-corrected chi connectivity index (χ1v) is 9.05. The highest BCUT2D eigenvalue weighted by atomic mass is 19.1. The minimum absolute atomic E-state index is 0.00666. The number of nitro groups is 1. The largest absolute Gasteiger partial charge is 0.493 e. The van der Waals surface area contributed by atoms with E-state index in [4.69, 9.17) is 13.9 Å². The Hall–Kier alpha value is -3.88. The molecule has 0 aliphatic heterocycles. The van der Waals surface area contributed by atoms with Gasteiger partial charge in [-0.05, 0) is 43.3 Å². The average molecular weight is 414 g/mol. The molecule has 0 atom stereocenters. The van der Waals surface area contributed by atoms with E-state index >= 15 is 0 Å². The lowest BCUT2D eigenvalue weighted by molar-refractivity contribution is -0.385. The summed E-state index contributed by atoms with van der Waals surface area (Å²) in [5.74, 6) is 0.312. The number of furan rings is 1. The van der Waals surface area contributed by atoms with Crippen molar-refractivity contribution >= 4 is 11.6 Å². The highest BCUT2D eigenvalue weighted by molar-refractivity contribution is 5.99. The first-order chi connectivity index (χ1) is 14.4. The minimum Gasteiger partial charge on any atom is -0.493 e. The van der Waals surface area contributed by atoms with Crippen LogP contribution in [-0.4, -0.2) is 24.5 Å². The van der Waals surface area contributed by atoms with Crippen LogP contribution in [0.5, 0.6) is 11.5 Å². The van der Waals surface area contributed by atoms with Crippen LogP contribution in [0.25, 0.3) is 11.3 Å². The third kappa shape index (κ3) is 4.57. The van der Waals surface area contributed by atoms with Gasteiger partial charge in [-0.2, -0.15) is 0 Å². The van der Waals surface area contributed by atoms with E-state index in [0.29, 0.717) is 17.1 Å². The van der Waals surface area contributed by atoms with Crippen molar-refractivity contribution in [2.75, 3.05) is 13.7 Å². The van der Waals surface area contributed by atoms with Gasteiger partial charge < -0.3 is 19.2 Å². The topological polar surface area (TPSA) is 104 Å². The maximum absolute atomic E-state index is 13.0. The standard InChI is InChI=1S/C21H19FN2O6/c1-3-29-20-11-17(24(26)27)16(10-19(20)28-2)21(25)23-12-15-8-9-18(30-15)13-4-6-14(22)7-5-13/h4-11H,3,12H2,1-2H3,(H,23,25). The van der Waals surface area contributed by atoms with Crippen LogP contribution < -0.4 is 14.8 Å². The van der Waals surface area contributed by atoms with Gasteiger partial charge in [-0.1, -0.05) is 0 Å². The monoisotopic (exact) mass is 414 g/mol. The number of halogens is 1. The Morgan fingerprint density at radius 2 is 1.90 bits per heavy atom. The lowest BCUT2D eigenvalue weighted by Gasteiger charge is -2.11. The average Bonchev–Trinajstić information content (AvgIpc) is 3.21. The molecule has 1 N–H and O–H groups in total. The van der Waals surface area contributed by atoms with E-state index in [2.05, 4.69) is 5.32 Å². The quantitative estimate of drug-likeness (QED) is 0.435. The van der Waals surface area contributed by atoms with Gasteiger partial charge in [0, 0.05) is 11.6 Å².